The number of nitrogens with zero attached hydrogens (tertiary/aromatic N) is 1. The van der Waals surface area contributed by atoms with Crippen LogP contribution in [0.3, 0.4) is 0 Å². The zero-order chi connectivity index (χ0) is 18.1. The number of fused-ring (bicyclic) bond motifs is 1. The van der Waals surface area contributed by atoms with Gasteiger partial charge in [-0.15, -0.1) is 11.3 Å². The first kappa shape index (κ1) is 18.8. The van der Waals surface area contributed by atoms with Gasteiger partial charge in [-0.1, -0.05) is 12.8 Å². The number of halogens is 2. The third kappa shape index (κ3) is 4.59. The normalized spacial score (nSPS) is 21.8. The second-order valence-electron chi connectivity index (χ2n) is 8.10. The molecule has 2 aliphatic rings. The summed E-state index contributed by atoms with van der Waals surface area (Å²) in [5.41, 5.74) is 0.808. The third-order valence-corrected chi connectivity index (χ3v) is 6.50. The van der Waals surface area contributed by atoms with Gasteiger partial charge < -0.3 is 10.2 Å². The molecule has 0 aromatic carbocycles. The molecule has 25 heavy (non-hydrogen) atoms. The van der Waals surface area contributed by atoms with Crippen LogP contribution in [0.1, 0.15) is 58.6 Å². The molecular formula is C19H28F2N2OS. The highest BCUT2D eigenvalue weighted by Crippen LogP contribution is 2.51. The molecular weight excluding hydrogens is 342 g/mol. The molecule has 1 fully saturated rings. The van der Waals surface area contributed by atoms with Gasteiger partial charge in [-0.2, -0.15) is 0 Å². The lowest BCUT2D eigenvalue weighted by Gasteiger charge is -2.48. The number of aryl methyl sites for hydroxylation is 2. The number of carbonyl (C=O) groups excluding carboxylic acids is 1. The van der Waals surface area contributed by atoms with Gasteiger partial charge in [0.05, 0.1) is 4.88 Å². The summed E-state index contributed by atoms with van der Waals surface area (Å²) < 4.78 is 26.9. The highest BCUT2D eigenvalue weighted by Gasteiger charge is 2.56. The average Bonchev–Trinajstić information content (AvgIpc) is 2.84. The maximum absolute atomic E-state index is 13.4. The lowest BCUT2D eigenvalue weighted by molar-refractivity contribution is -0.164. The first-order valence-corrected chi connectivity index (χ1v) is 10.0. The second kappa shape index (κ2) is 7.31. The van der Waals surface area contributed by atoms with Gasteiger partial charge in [0.2, 0.25) is 5.92 Å². The molecule has 140 valence electrons. The van der Waals surface area contributed by atoms with E-state index in [2.05, 4.69) is 5.32 Å². The zero-order valence-corrected chi connectivity index (χ0v) is 16.0. The Kier molecular flexibility index (Phi) is 5.49. The van der Waals surface area contributed by atoms with E-state index >= 15 is 0 Å². The monoisotopic (exact) mass is 370 g/mol. The number of amides is 1. The van der Waals surface area contributed by atoms with Gasteiger partial charge in [0, 0.05) is 36.2 Å². The molecule has 6 heteroatoms. The summed E-state index contributed by atoms with van der Waals surface area (Å²) >= 11 is 1.59. The van der Waals surface area contributed by atoms with Crippen molar-refractivity contribution in [3.05, 3.63) is 21.4 Å². The predicted octanol–water partition coefficient (Wildman–Crippen LogP) is 4.11. The number of hydrogen-bond acceptors (Lipinski definition) is 3. The molecule has 1 amide bonds. The van der Waals surface area contributed by atoms with E-state index in [0.717, 1.165) is 17.7 Å². The number of alkyl halides is 2. The van der Waals surface area contributed by atoms with Gasteiger partial charge in [0.1, 0.15) is 0 Å². The Bertz CT molecular complexity index is 588. The first-order chi connectivity index (χ1) is 11.8. The number of thiophene rings is 1. The van der Waals surface area contributed by atoms with Gasteiger partial charge in [0.25, 0.3) is 5.91 Å². The van der Waals surface area contributed by atoms with E-state index in [1.807, 2.05) is 25.1 Å². The van der Waals surface area contributed by atoms with Crippen molar-refractivity contribution in [2.24, 2.45) is 5.41 Å². The van der Waals surface area contributed by atoms with Crippen LogP contribution in [-0.4, -0.2) is 43.9 Å². The van der Waals surface area contributed by atoms with E-state index in [1.54, 1.807) is 11.3 Å². The number of rotatable bonds is 5. The van der Waals surface area contributed by atoms with Crippen LogP contribution in [0.15, 0.2) is 6.07 Å². The van der Waals surface area contributed by atoms with Crippen LogP contribution in [-0.2, 0) is 12.8 Å². The van der Waals surface area contributed by atoms with E-state index in [0.29, 0.717) is 13.1 Å². The van der Waals surface area contributed by atoms with Crippen molar-refractivity contribution in [3.8, 4) is 0 Å². The molecule has 0 unspecified atom stereocenters. The van der Waals surface area contributed by atoms with Crippen molar-refractivity contribution < 1.29 is 13.6 Å². The minimum atomic E-state index is -2.58. The molecule has 0 spiro atoms. The lowest BCUT2D eigenvalue weighted by atomic mass is 9.65. The molecule has 0 saturated heterocycles. The van der Waals surface area contributed by atoms with Crippen molar-refractivity contribution in [2.75, 3.05) is 27.2 Å². The smallest absolute Gasteiger partial charge is 0.261 e. The quantitative estimate of drug-likeness (QED) is 0.846. The molecule has 0 aliphatic heterocycles. The Morgan fingerprint density at radius 3 is 2.52 bits per heavy atom. The molecule has 1 aromatic rings. The summed E-state index contributed by atoms with van der Waals surface area (Å²) in [6.07, 6.45) is 6.73. The lowest BCUT2D eigenvalue weighted by Crippen LogP contribution is -2.56. The second-order valence-corrected chi connectivity index (χ2v) is 9.24. The Labute approximate surface area is 152 Å². The summed E-state index contributed by atoms with van der Waals surface area (Å²) in [5, 5.41) is 2.94. The number of carbonyl (C=O) groups is 1. The van der Waals surface area contributed by atoms with Crippen LogP contribution in [0, 0.1) is 5.41 Å². The Morgan fingerprint density at radius 1 is 1.20 bits per heavy atom. The van der Waals surface area contributed by atoms with Crippen molar-refractivity contribution in [2.45, 2.75) is 57.3 Å². The van der Waals surface area contributed by atoms with E-state index in [-0.39, 0.29) is 18.7 Å². The van der Waals surface area contributed by atoms with E-state index in [1.165, 1.54) is 36.1 Å². The standard InChI is InChI=1S/C19H28F2N2OS/c1-23(2)13-18(10-19(20,21)11-18)12-22-17(24)16-9-14-7-5-3-4-6-8-15(14)25-16/h9H,3-8,10-13H2,1-2H3,(H,22,24). The highest BCUT2D eigenvalue weighted by molar-refractivity contribution is 7.14. The molecule has 0 radical (unpaired) electrons. The Morgan fingerprint density at radius 2 is 1.88 bits per heavy atom. The summed E-state index contributed by atoms with van der Waals surface area (Å²) in [4.78, 5) is 16.6. The molecule has 0 atom stereocenters. The Balaban J connectivity index is 1.63. The molecule has 3 rings (SSSR count). The first-order valence-electron chi connectivity index (χ1n) is 9.21. The highest BCUT2D eigenvalue weighted by atomic mass is 32.1. The molecule has 1 aromatic heterocycles. The van der Waals surface area contributed by atoms with E-state index in [9.17, 15) is 13.6 Å². The third-order valence-electron chi connectivity index (χ3n) is 5.26. The van der Waals surface area contributed by atoms with Gasteiger partial charge in [-0.25, -0.2) is 8.78 Å². The number of nitrogens with one attached hydrogen (secondary N) is 1. The van der Waals surface area contributed by atoms with Crippen LogP contribution >= 0.6 is 11.3 Å². The molecule has 1 saturated carbocycles. The zero-order valence-electron chi connectivity index (χ0n) is 15.2. The maximum Gasteiger partial charge on any atom is 0.261 e. The van der Waals surface area contributed by atoms with Crippen molar-refractivity contribution in [3.63, 3.8) is 0 Å². The minimum Gasteiger partial charge on any atom is -0.351 e. The van der Waals surface area contributed by atoms with Gasteiger partial charge in [-0.05, 0) is 51.4 Å². The summed E-state index contributed by atoms with van der Waals surface area (Å²) in [6.45, 7) is 0.895. The van der Waals surface area contributed by atoms with Crippen molar-refractivity contribution in [1.82, 2.24) is 10.2 Å². The number of hydrogen-bond donors (Lipinski definition) is 1. The van der Waals surface area contributed by atoms with Gasteiger partial charge in [0.15, 0.2) is 0 Å². The SMILES string of the molecule is CN(C)CC1(CNC(=O)c2cc3c(s2)CCCCCC3)CC(F)(F)C1. The van der Waals surface area contributed by atoms with Gasteiger partial charge in [-0.3, -0.25) is 4.79 Å². The molecule has 2 aliphatic carbocycles. The van der Waals surface area contributed by atoms with Crippen LogP contribution in [0.2, 0.25) is 0 Å². The van der Waals surface area contributed by atoms with Crippen LogP contribution in [0.25, 0.3) is 0 Å². The van der Waals surface area contributed by atoms with Crippen molar-refractivity contribution in [1.29, 1.82) is 0 Å². The molecule has 1 heterocycles. The fourth-order valence-electron chi connectivity index (χ4n) is 4.32. The fraction of sp³-hybridized carbons (Fsp3) is 0.737. The summed E-state index contributed by atoms with van der Waals surface area (Å²) in [5.74, 6) is -2.69. The van der Waals surface area contributed by atoms with Crippen LogP contribution in [0.4, 0.5) is 8.78 Å². The van der Waals surface area contributed by atoms with Crippen LogP contribution < -0.4 is 5.32 Å². The minimum absolute atomic E-state index is 0.106. The van der Waals surface area contributed by atoms with Crippen LogP contribution in [0.5, 0.6) is 0 Å². The average molecular weight is 371 g/mol. The van der Waals surface area contributed by atoms with E-state index in [4.69, 9.17) is 0 Å². The Hall–Kier alpha value is -1.01. The molecule has 3 nitrogen and oxygen atoms in total. The topological polar surface area (TPSA) is 32.3 Å². The fourth-order valence-corrected chi connectivity index (χ4v) is 5.49. The predicted molar refractivity (Wildman–Crippen MR) is 97.7 cm³/mol. The van der Waals surface area contributed by atoms with Gasteiger partial charge >= 0.3 is 0 Å². The molecule has 0 bridgehead atoms. The molecule has 1 N–H and O–H groups in total. The maximum atomic E-state index is 13.4. The summed E-state index contributed by atoms with van der Waals surface area (Å²) in [7, 11) is 3.78. The summed E-state index contributed by atoms with van der Waals surface area (Å²) in [6, 6.07) is 2.02. The van der Waals surface area contributed by atoms with E-state index < -0.39 is 11.3 Å². The van der Waals surface area contributed by atoms with Crippen molar-refractivity contribution >= 4 is 17.2 Å². The largest absolute Gasteiger partial charge is 0.351 e.